The first-order valence-corrected chi connectivity index (χ1v) is 5.96. The van der Waals surface area contributed by atoms with Crippen molar-refractivity contribution in [3.8, 4) is 5.75 Å². The van der Waals surface area contributed by atoms with Gasteiger partial charge >= 0.3 is 0 Å². The quantitative estimate of drug-likeness (QED) is 0.732. The van der Waals surface area contributed by atoms with Crippen LogP contribution in [0, 0.1) is 12.8 Å². The molecule has 0 aliphatic heterocycles. The molecule has 0 saturated carbocycles. The predicted molar refractivity (Wildman–Crippen MR) is 69.0 cm³/mol. The van der Waals surface area contributed by atoms with Gasteiger partial charge in [0.2, 0.25) is 0 Å². The second kappa shape index (κ2) is 6.54. The number of aryl methyl sites for hydroxylation is 1. The van der Waals surface area contributed by atoms with Gasteiger partial charge in [0.1, 0.15) is 12.4 Å². The Bertz CT molecular complexity index is 309. The molecule has 0 radical (unpaired) electrons. The summed E-state index contributed by atoms with van der Waals surface area (Å²) in [5, 5.41) is 0. The van der Waals surface area contributed by atoms with Crippen LogP contribution in [0.15, 0.2) is 24.3 Å². The number of hydrogen-bond acceptors (Lipinski definition) is 2. The Labute approximate surface area is 99.2 Å². The molecule has 0 atom stereocenters. The highest BCUT2D eigenvalue weighted by Crippen LogP contribution is 2.12. The average Bonchev–Trinajstić information content (AvgIpc) is 2.16. The number of benzene rings is 1. The summed E-state index contributed by atoms with van der Waals surface area (Å²) in [5.41, 5.74) is 1.24. The van der Waals surface area contributed by atoms with E-state index in [2.05, 4.69) is 44.9 Å². The van der Waals surface area contributed by atoms with Crippen molar-refractivity contribution < 1.29 is 4.74 Å². The molecule has 0 amide bonds. The molecule has 0 heterocycles. The van der Waals surface area contributed by atoms with E-state index < -0.39 is 0 Å². The molecule has 1 aromatic rings. The number of likely N-dealkylation sites (N-methyl/N-ethyl adjacent to an activating group) is 1. The van der Waals surface area contributed by atoms with Crippen LogP contribution < -0.4 is 4.74 Å². The minimum atomic E-state index is 0.712. The van der Waals surface area contributed by atoms with Crippen molar-refractivity contribution in [2.75, 3.05) is 26.7 Å². The zero-order chi connectivity index (χ0) is 12.0. The zero-order valence-electron chi connectivity index (χ0n) is 10.9. The van der Waals surface area contributed by atoms with Gasteiger partial charge < -0.3 is 9.64 Å². The number of hydrogen-bond donors (Lipinski definition) is 0. The Hall–Kier alpha value is -1.02. The first-order valence-electron chi connectivity index (χ1n) is 5.96. The Morgan fingerprint density at radius 1 is 1.31 bits per heavy atom. The van der Waals surface area contributed by atoms with E-state index in [4.69, 9.17) is 4.74 Å². The third-order valence-corrected chi connectivity index (χ3v) is 2.41. The molecule has 0 saturated heterocycles. The maximum atomic E-state index is 5.70. The van der Waals surface area contributed by atoms with Gasteiger partial charge in [0.25, 0.3) is 0 Å². The van der Waals surface area contributed by atoms with Crippen molar-refractivity contribution in [1.29, 1.82) is 0 Å². The van der Waals surface area contributed by atoms with Crippen LogP contribution in [0.3, 0.4) is 0 Å². The van der Waals surface area contributed by atoms with Gasteiger partial charge in [-0.25, -0.2) is 0 Å². The summed E-state index contributed by atoms with van der Waals surface area (Å²) < 4.78 is 5.70. The van der Waals surface area contributed by atoms with Crippen LogP contribution in [0.2, 0.25) is 0 Å². The third kappa shape index (κ3) is 5.17. The van der Waals surface area contributed by atoms with Crippen molar-refractivity contribution in [3.05, 3.63) is 29.8 Å². The fourth-order valence-corrected chi connectivity index (χ4v) is 1.74. The SMILES string of the molecule is Cc1cccc(OCCN(C)CC(C)C)c1. The Morgan fingerprint density at radius 3 is 2.69 bits per heavy atom. The monoisotopic (exact) mass is 221 g/mol. The first kappa shape index (κ1) is 13.0. The second-order valence-corrected chi connectivity index (χ2v) is 4.82. The van der Waals surface area contributed by atoms with Crippen LogP contribution in [0.25, 0.3) is 0 Å². The number of nitrogens with zero attached hydrogens (tertiary/aromatic N) is 1. The summed E-state index contributed by atoms with van der Waals surface area (Å²) in [6.45, 7) is 9.41. The molecule has 2 nitrogen and oxygen atoms in total. The summed E-state index contributed by atoms with van der Waals surface area (Å²) in [6, 6.07) is 8.19. The minimum Gasteiger partial charge on any atom is -0.492 e. The van der Waals surface area contributed by atoms with Gasteiger partial charge in [-0.3, -0.25) is 0 Å². The topological polar surface area (TPSA) is 12.5 Å². The molecule has 2 heteroatoms. The van der Waals surface area contributed by atoms with Gasteiger partial charge in [0, 0.05) is 13.1 Å². The molecule has 0 bridgehead atoms. The second-order valence-electron chi connectivity index (χ2n) is 4.82. The fourth-order valence-electron chi connectivity index (χ4n) is 1.74. The van der Waals surface area contributed by atoms with E-state index in [1.807, 2.05) is 12.1 Å². The van der Waals surface area contributed by atoms with E-state index in [9.17, 15) is 0 Å². The molecular weight excluding hydrogens is 198 g/mol. The lowest BCUT2D eigenvalue weighted by Crippen LogP contribution is -2.27. The largest absolute Gasteiger partial charge is 0.492 e. The normalized spacial score (nSPS) is 11.1. The van der Waals surface area contributed by atoms with Crippen LogP contribution in [0.1, 0.15) is 19.4 Å². The molecule has 0 aliphatic rings. The Kier molecular flexibility index (Phi) is 5.33. The maximum Gasteiger partial charge on any atom is 0.119 e. The van der Waals surface area contributed by atoms with Crippen LogP contribution >= 0.6 is 0 Å². The third-order valence-electron chi connectivity index (χ3n) is 2.41. The smallest absolute Gasteiger partial charge is 0.119 e. The van der Waals surface area contributed by atoms with Crippen LogP contribution in [0.4, 0.5) is 0 Å². The molecule has 0 aromatic heterocycles. The predicted octanol–water partition coefficient (Wildman–Crippen LogP) is 2.96. The fraction of sp³-hybridized carbons (Fsp3) is 0.571. The average molecular weight is 221 g/mol. The van der Waals surface area contributed by atoms with Gasteiger partial charge in [-0.05, 0) is 37.6 Å². The van der Waals surface area contributed by atoms with E-state index in [1.165, 1.54) is 5.56 Å². The highest BCUT2D eigenvalue weighted by atomic mass is 16.5. The molecule has 1 rings (SSSR count). The molecule has 1 aromatic carbocycles. The Morgan fingerprint density at radius 2 is 2.06 bits per heavy atom. The minimum absolute atomic E-state index is 0.712. The molecule has 0 fully saturated rings. The van der Waals surface area contributed by atoms with E-state index in [0.29, 0.717) is 5.92 Å². The van der Waals surface area contributed by atoms with Gasteiger partial charge in [-0.2, -0.15) is 0 Å². The van der Waals surface area contributed by atoms with Crippen molar-refractivity contribution in [2.24, 2.45) is 5.92 Å². The molecule has 0 N–H and O–H groups in total. The zero-order valence-corrected chi connectivity index (χ0v) is 10.9. The molecule has 90 valence electrons. The van der Waals surface area contributed by atoms with Crippen LogP contribution in [-0.2, 0) is 0 Å². The van der Waals surface area contributed by atoms with Gasteiger partial charge in [-0.1, -0.05) is 26.0 Å². The molecule has 0 unspecified atom stereocenters. The molecule has 16 heavy (non-hydrogen) atoms. The van der Waals surface area contributed by atoms with Crippen LogP contribution in [-0.4, -0.2) is 31.6 Å². The van der Waals surface area contributed by atoms with Gasteiger partial charge in [0.05, 0.1) is 0 Å². The highest BCUT2D eigenvalue weighted by Gasteiger charge is 2.01. The van der Waals surface area contributed by atoms with E-state index in [-0.39, 0.29) is 0 Å². The van der Waals surface area contributed by atoms with Crippen molar-refractivity contribution in [1.82, 2.24) is 4.90 Å². The summed E-state index contributed by atoms with van der Waals surface area (Å²) in [6.07, 6.45) is 0. The van der Waals surface area contributed by atoms with Crippen molar-refractivity contribution in [2.45, 2.75) is 20.8 Å². The highest BCUT2D eigenvalue weighted by molar-refractivity contribution is 5.27. The van der Waals surface area contributed by atoms with Crippen LogP contribution in [0.5, 0.6) is 5.75 Å². The molecule has 0 spiro atoms. The van der Waals surface area contributed by atoms with Gasteiger partial charge in [0.15, 0.2) is 0 Å². The number of rotatable bonds is 6. The standard InChI is InChI=1S/C14H23NO/c1-12(2)11-15(4)8-9-16-14-7-5-6-13(3)10-14/h5-7,10,12H,8-9,11H2,1-4H3. The van der Waals surface area contributed by atoms with Crippen molar-refractivity contribution >= 4 is 0 Å². The summed E-state index contributed by atoms with van der Waals surface area (Å²) in [4.78, 5) is 2.31. The van der Waals surface area contributed by atoms with E-state index >= 15 is 0 Å². The lowest BCUT2D eigenvalue weighted by molar-refractivity contribution is 0.222. The van der Waals surface area contributed by atoms with E-state index in [1.54, 1.807) is 0 Å². The molecule has 0 aliphatic carbocycles. The van der Waals surface area contributed by atoms with Gasteiger partial charge in [-0.15, -0.1) is 0 Å². The summed E-state index contributed by atoms with van der Waals surface area (Å²) >= 11 is 0. The number of ether oxygens (including phenoxy) is 1. The van der Waals surface area contributed by atoms with Crippen molar-refractivity contribution in [3.63, 3.8) is 0 Å². The molecular formula is C14H23NO. The summed E-state index contributed by atoms with van der Waals surface area (Å²) in [5.74, 6) is 1.68. The lowest BCUT2D eigenvalue weighted by Gasteiger charge is -2.18. The Balaban J connectivity index is 2.25. The van der Waals surface area contributed by atoms with E-state index in [0.717, 1.165) is 25.4 Å². The maximum absolute atomic E-state index is 5.70. The lowest BCUT2D eigenvalue weighted by atomic mass is 10.2. The summed E-state index contributed by atoms with van der Waals surface area (Å²) in [7, 11) is 2.14. The first-order chi connectivity index (χ1) is 7.58.